The second-order valence-electron chi connectivity index (χ2n) is 3.74. The molecule has 80 valence electrons. The van der Waals surface area contributed by atoms with Crippen molar-refractivity contribution in [2.24, 2.45) is 0 Å². The van der Waals surface area contributed by atoms with Gasteiger partial charge >= 0.3 is 0 Å². The van der Waals surface area contributed by atoms with Gasteiger partial charge in [0.05, 0.1) is 6.10 Å². The Labute approximate surface area is 85.7 Å². The van der Waals surface area contributed by atoms with Crippen LogP contribution in [0.15, 0.2) is 18.5 Å². The average molecular weight is 196 g/mol. The van der Waals surface area contributed by atoms with Crippen molar-refractivity contribution in [2.45, 2.75) is 39.0 Å². The molecule has 14 heavy (non-hydrogen) atoms. The van der Waals surface area contributed by atoms with Gasteiger partial charge in [-0.3, -0.25) is 0 Å². The van der Waals surface area contributed by atoms with Crippen molar-refractivity contribution in [3.05, 3.63) is 24.0 Å². The molecule has 0 aliphatic carbocycles. The largest absolute Gasteiger partial charge is 0.392 e. The van der Waals surface area contributed by atoms with Gasteiger partial charge in [-0.05, 0) is 32.0 Å². The number of aromatic nitrogens is 1. The van der Waals surface area contributed by atoms with Crippen molar-refractivity contribution in [1.29, 1.82) is 0 Å². The Kier molecular flexibility index (Phi) is 4.17. The van der Waals surface area contributed by atoms with Crippen LogP contribution < -0.4 is 5.32 Å². The van der Waals surface area contributed by atoms with Gasteiger partial charge in [-0.1, -0.05) is 6.92 Å². The van der Waals surface area contributed by atoms with Crippen LogP contribution in [0.5, 0.6) is 0 Å². The first-order valence-corrected chi connectivity index (χ1v) is 5.18. The molecule has 0 radical (unpaired) electrons. The molecule has 0 aliphatic heterocycles. The molecule has 3 heteroatoms. The summed E-state index contributed by atoms with van der Waals surface area (Å²) in [4.78, 5) is 0. The van der Waals surface area contributed by atoms with E-state index >= 15 is 0 Å². The third-order valence-corrected chi connectivity index (χ3v) is 2.41. The summed E-state index contributed by atoms with van der Waals surface area (Å²) in [5, 5.41) is 12.5. The summed E-state index contributed by atoms with van der Waals surface area (Å²) in [7, 11) is 1.97. The molecule has 0 spiro atoms. The van der Waals surface area contributed by atoms with Crippen LogP contribution in [0.25, 0.3) is 0 Å². The summed E-state index contributed by atoms with van der Waals surface area (Å²) in [6, 6.07) is 2.53. The molecule has 0 amide bonds. The van der Waals surface area contributed by atoms with E-state index in [1.54, 1.807) is 6.92 Å². The van der Waals surface area contributed by atoms with Crippen LogP contribution >= 0.6 is 0 Å². The van der Waals surface area contributed by atoms with Crippen LogP contribution in [-0.2, 0) is 6.54 Å². The molecule has 2 atom stereocenters. The van der Waals surface area contributed by atoms with E-state index in [0.29, 0.717) is 12.6 Å². The maximum absolute atomic E-state index is 9.23. The van der Waals surface area contributed by atoms with Crippen LogP contribution in [-0.4, -0.2) is 22.8 Å². The number of nitrogens with one attached hydrogen (secondary N) is 1. The first kappa shape index (κ1) is 11.3. The molecular weight excluding hydrogens is 176 g/mol. The van der Waals surface area contributed by atoms with Crippen molar-refractivity contribution >= 4 is 0 Å². The van der Waals surface area contributed by atoms with Crippen LogP contribution in [0.3, 0.4) is 0 Å². The third-order valence-electron chi connectivity index (χ3n) is 2.41. The number of hydrogen-bond acceptors (Lipinski definition) is 2. The van der Waals surface area contributed by atoms with Gasteiger partial charge in [-0.2, -0.15) is 0 Å². The second kappa shape index (κ2) is 5.17. The molecule has 0 saturated heterocycles. The zero-order valence-electron chi connectivity index (χ0n) is 9.20. The molecule has 0 saturated carbocycles. The Hall–Kier alpha value is -0.800. The summed E-state index contributed by atoms with van der Waals surface area (Å²) >= 11 is 0. The van der Waals surface area contributed by atoms with Gasteiger partial charge in [-0.25, -0.2) is 0 Å². The molecule has 0 aromatic carbocycles. The van der Waals surface area contributed by atoms with E-state index in [-0.39, 0.29) is 6.10 Å². The molecule has 2 unspecified atom stereocenters. The minimum absolute atomic E-state index is 0.287. The van der Waals surface area contributed by atoms with E-state index in [2.05, 4.69) is 24.5 Å². The highest BCUT2D eigenvalue weighted by atomic mass is 16.3. The van der Waals surface area contributed by atoms with Crippen LogP contribution in [0, 0.1) is 0 Å². The highest BCUT2D eigenvalue weighted by Crippen LogP contribution is 2.16. The third kappa shape index (κ3) is 2.86. The molecular formula is C11H20N2O. The first-order valence-electron chi connectivity index (χ1n) is 5.18. The summed E-state index contributed by atoms with van der Waals surface area (Å²) in [6.07, 6.45) is 4.90. The molecule has 0 bridgehead atoms. The van der Waals surface area contributed by atoms with Gasteiger partial charge in [-0.15, -0.1) is 0 Å². The number of hydrogen-bond donors (Lipinski definition) is 2. The normalized spacial score (nSPS) is 15.4. The SMILES string of the molecule is CCC(NC)c1ccn(CC(C)O)c1. The fourth-order valence-corrected chi connectivity index (χ4v) is 1.69. The molecule has 2 N–H and O–H groups in total. The number of rotatable bonds is 5. The van der Waals surface area contributed by atoms with Gasteiger partial charge in [0.15, 0.2) is 0 Å². The quantitative estimate of drug-likeness (QED) is 0.749. The Morgan fingerprint density at radius 3 is 2.79 bits per heavy atom. The summed E-state index contributed by atoms with van der Waals surface area (Å²) < 4.78 is 2.03. The lowest BCUT2D eigenvalue weighted by atomic mass is 10.1. The zero-order valence-corrected chi connectivity index (χ0v) is 9.20. The lowest BCUT2D eigenvalue weighted by Crippen LogP contribution is -2.15. The Bertz CT molecular complexity index is 264. The predicted molar refractivity (Wildman–Crippen MR) is 58.2 cm³/mol. The highest BCUT2D eigenvalue weighted by molar-refractivity contribution is 5.15. The maximum Gasteiger partial charge on any atom is 0.0690 e. The van der Waals surface area contributed by atoms with Crippen molar-refractivity contribution in [1.82, 2.24) is 9.88 Å². The van der Waals surface area contributed by atoms with E-state index in [1.807, 2.05) is 17.8 Å². The molecule has 3 nitrogen and oxygen atoms in total. The lowest BCUT2D eigenvalue weighted by Gasteiger charge is -2.11. The van der Waals surface area contributed by atoms with Crippen molar-refractivity contribution < 1.29 is 5.11 Å². The number of aliphatic hydroxyl groups excluding tert-OH is 1. The highest BCUT2D eigenvalue weighted by Gasteiger charge is 2.08. The van der Waals surface area contributed by atoms with Gasteiger partial charge in [0.25, 0.3) is 0 Å². The zero-order chi connectivity index (χ0) is 10.6. The van der Waals surface area contributed by atoms with Crippen LogP contribution in [0.1, 0.15) is 31.9 Å². The predicted octanol–water partition coefficient (Wildman–Crippen LogP) is 1.54. The van der Waals surface area contributed by atoms with Gasteiger partial charge in [0.1, 0.15) is 0 Å². The van der Waals surface area contributed by atoms with E-state index in [0.717, 1.165) is 6.42 Å². The monoisotopic (exact) mass is 196 g/mol. The van der Waals surface area contributed by atoms with Crippen LogP contribution in [0.2, 0.25) is 0 Å². The van der Waals surface area contributed by atoms with E-state index in [9.17, 15) is 5.11 Å². The van der Waals surface area contributed by atoms with Gasteiger partial charge < -0.3 is 15.0 Å². The molecule has 1 heterocycles. The minimum atomic E-state index is -0.287. The minimum Gasteiger partial charge on any atom is -0.392 e. The topological polar surface area (TPSA) is 37.2 Å². The molecule has 1 aromatic heterocycles. The van der Waals surface area contributed by atoms with Crippen molar-refractivity contribution in [3.63, 3.8) is 0 Å². The maximum atomic E-state index is 9.23. The Balaban J connectivity index is 2.66. The first-order chi connectivity index (χ1) is 6.67. The fourth-order valence-electron chi connectivity index (χ4n) is 1.69. The number of nitrogens with zero attached hydrogens (tertiary/aromatic N) is 1. The van der Waals surface area contributed by atoms with Crippen LogP contribution in [0.4, 0.5) is 0 Å². The average Bonchev–Trinajstić information content (AvgIpc) is 2.54. The fraction of sp³-hybridized carbons (Fsp3) is 0.636. The van der Waals surface area contributed by atoms with Crippen molar-refractivity contribution in [3.8, 4) is 0 Å². The van der Waals surface area contributed by atoms with E-state index in [1.165, 1.54) is 5.56 Å². The molecule has 1 aromatic rings. The standard InChI is InChI=1S/C11H20N2O/c1-4-11(12-3)10-5-6-13(8-10)7-9(2)14/h5-6,8-9,11-12,14H,4,7H2,1-3H3. The molecule has 0 fully saturated rings. The van der Waals surface area contributed by atoms with E-state index in [4.69, 9.17) is 0 Å². The van der Waals surface area contributed by atoms with Gasteiger partial charge in [0, 0.05) is 25.0 Å². The summed E-state index contributed by atoms with van der Waals surface area (Å²) in [5.74, 6) is 0. The number of aliphatic hydroxyl groups is 1. The molecule has 1 rings (SSSR count). The Morgan fingerprint density at radius 2 is 2.29 bits per heavy atom. The smallest absolute Gasteiger partial charge is 0.0690 e. The second-order valence-corrected chi connectivity index (χ2v) is 3.74. The van der Waals surface area contributed by atoms with Gasteiger partial charge in [0.2, 0.25) is 0 Å². The molecule has 0 aliphatic rings. The van der Waals surface area contributed by atoms with Crippen molar-refractivity contribution in [2.75, 3.05) is 7.05 Å². The Morgan fingerprint density at radius 1 is 1.57 bits per heavy atom. The van der Waals surface area contributed by atoms with E-state index < -0.39 is 0 Å². The summed E-state index contributed by atoms with van der Waals surface area (Å²) in [5.41, 5.74) is 1.29. The lowest BCUT2D eigenvalue weighted by molar-refractivity contribution is 0.173. The summed E-state index contributed by atoms with van der Waals surface area (Å²) in [6.45, 7) is 4.63.